The summed E-state index contributed by atoms with van der Waals surface area (Å²) >= 11 is 0. The van der Waals surface area contributed by atoms with Gasteiger partial charge >= 0.3 is 6.18 Å². The van der Waals surface area contributed by atoms with Crippen molar-refractivity contribution in [3.05, 3.63) is 47.0 Å². The highest BCUT2D eigenvalue weighted by atomic mass is 19.4. The van der Waals surface area contributed by atoms with Crippen LogP contribution in [0.5, 0.6) is 0 Å². The molecule has 0 aromatic heterocycles. The second-order valence-corrected chi connectivity index (χ2v) is 5.92. The lowest BCUT2D eigenvalue weighted by atomic mass is 9.97. The fourth-order valence-electron chi connectivity index (χ4n) is 2.53. The standard InChI is InChI=1S/C17H15F3O2/c18-17(19,20)14-4-2-1-3-12(14)15(21)9-13(10-5-6-10)16(22)11-7-8-11/h1-4,9-11H,5-8H2. The Morgan fingerprint density at radius 3 is 2.14 bits per heavy atom. The molecule has 2 aliphatic rings. The van der Waals surface area contributed by atoms with Gasteiger partial charge in [0.2, 0.25) is 0 Å². The van der Waals surface area contributed by atoms with E-state index in [9.17, 15) is 22.8 Å². The fourth-order valence-corrected chi connectivity index (χ4v) is 2.53. The monoisotopic (exact) mass is 308 g/mol. The molecule has 0 unspecified atom stereocenters. The molecule has 22 heavy (non-hydrogen) atoms. The van der Waals surface area contributed by atoms with Crippen LogP contribution in [0.15, 0.2) is 35.9 Å². The third-order valence-corrected chi connectivity index (χ3v) is 4.03. The molecule has 0 atom stereocenters. The minimum absolute atomic E-state index is 0.0301. The molecular formula is C17H15F3O2. The number of allylic oxidation sites excluding steroid dienone is 2. The lowest BCUT2D eigenvalue weighted by Gasteiger charge is -2.11. The zero-order valence-electron chi connectivity index (χ0n) is 11.8. The molecule has 0 amide bonds. The molecule has 2 fully saturated rings. The summed E-state index contributed by atoms with van der Waals surface area (Å²) in [6, 6.07) is 4.70. The summed E-state index contributed by atoms with van der Waals surface area (Å²) in [6.45, 7) is 0. The van der Waals surface area contributed by atoms with Crippen LogP contribution in [0.4, 0.5) is 13.2 Å². The lowest BCUT2D eigenvalue weighted by molar-refractivity contribution is -0.137. The number of rotatable bonds is 5. The maximum Gasteiger partial charge on any atom is 0.417 e. The zero-order valence-corrected chi connectivity index (χ0v) is 11.8. The minimum atomic E-state index is -4.58. The molecular weight excluding hydrogens is 293 g/mol. The predicted octanol–water partition coefficient (Wildman–Crippen LogP) is 4.20. The number of carbonyl (C=O) groups excluding carboxylic acids is 2. The third kappa shape index (κ3) is 3.13. The second-order valence-electron chi connectivity index (χ2n) is 5.92. The van der Waals surface area contributed by atoms with E-state index in [4.69, 9.17) is 0 Å². The van der Waals surface area contributed by atoms with E-state index in [-0.39, 0.29) is 17.6 Å². The van der Waals surface area contributed by atoms with Crippen LogP contribution >= 0.6 is 0 Å². The molecule has 2 nitrogen and oxygen atoms in total. The normalized spacial score (nSPS) is 19.1. The molecule has 0 aliphatic heterocycles. The van der Waals surface area contributed by atoms with Crippen molar-refractivity contribution in [2.45, 2.75) is 31.9 Å². The van der Waals surface area contributed by atoms with Crippen LogP contribution in [0.25, 0.3) is 0 Å². The second kappa shape index (κ2) is 5.38. The highest BCUT2D eigenvalue weighted by molar-refractivity contribution is 6.11. The van der Waals surface area contributed by atoms with E-state index in [0.717, 1.165) is 43.9 Å². The van der Waals surface area contributed by atoms with Gasteiger partial charge in [0.1, 0.15) is 0 Å². The molecule has 0 heterocycles. The topological polar surface area (TPSA) is 34.1 Å². The number of carbonyl (C=O) groups is 2. The number of hydrogen-bond donors (Lipinski definition) is 0. The van der Waals surface area contributed by atoms with Gasteiger partial charge in [-0.1, -0.05) is 18.2 Å². The van der Waals surface area contributed by atoms with Crippen molar-refractivity contribution in [3.8, 4) is 0 Å². The van der Waals surface area contributed by atoms with Crippen LogP contribution in [0.1, 0.15) is 41.6 Å². The van der Waals surface area contributed by atoms with E-state index in [1.807, 2.05) is 0 Å². The lowest BCUT2D eigenvalue weighted by Crippen LogP contribution is -2.14. The van der Waals surface area contributed by atoms with Crippen molar-refractivity contribution >= 4 is 11.6 Å². The highest BCUT2D eigenvalue weighted by Crippen LogP contribution is 2.42. The van der Waals surface area contributed by atoms with E-state index in [1.165, 1.54) is 12.1 Å². The Morgan fingerprint density at radius 1 is 1.00 bits per heavy atom. The SMILES string of the molecule is O=C(C=C(C(=O)C1CC1)C1CC1)c1ccccc1C(F)(F)F. The highest BCUT2D eigenvalue weighted by Gasteiger charge is 2.39. The van der Waals surface area contributed by atoms with Gasteiger partial charge in [0.05, 0.1) is 5.56 Å². The maximum absolute atomic E-state index is 13.0. The predicted molar refractivity (Wildman–Crippen MR) is 74.3 cm³/mol. The van der Waals surface area contributed by atoms with Gasteiger partial charge in [-0.2, -0.15) is 13.2 Å². The largest absolute Gasteiger partial charge is 0.417 e. The van der Waals surface area contributed by atoms with Crippen molar-refractivity contribution in [2.75, 3.05) is 0 Å². The van der Waals surface area contributed by atoms with Crippen LogP contribution in [0, 0.1) is 11.8 Å². The van der Waals surface area contributed by atoms with Gasteiger partial charge in [0.15, 0.2) is 11.6 Å². The van der Waals surface area contributed by atoms with Crippen LogP contribution in [-0.2, 0) is 11.0 Å². The molecule has 5 heteroatoms. The molecule has 0 saturated heterocycles. The van der Waals surface area contributed by atoms with Crippen LogP contribution in [0.3, 0.4) is 0 Å². The number of benzene rings is 1. The Bertz CT molecular complexity index is 650. The molecule has 2 aliphatic carbocycles. The Labute approximate surface area is 126 Å². The summed E-state index contributed by atoms with van der Waals surface area (Å²) in [5.41, 5.74) is -0.925. The quantitative estimate of drug-likeness (QED) is 0.603. The molecule has 116 valence electrons. The van der Waals surface area contributed by atoms with Gasteiger partial charge in [-0.3, -0.25) is 9.59 Å². The number of alkyl halides is 3. The zero-order chi connectivity index (χ0) is 15.9. The maximum atomic E-state index is 13.0. The van der Waals surface area contributed by atoms with Crippen molar-refractivity contribution in [3.63, 3.8) is 0 Å². The summed E-state index contributed by atoms with van der Waals surface area (Å²) in [5.74, 6) is -0.767. The van der Waals surface area contributed by atoms with Gasteiger partial charge in [0, 0.05) is 17.1 Å². The van der Waals surface area contributed by atoms with Crippen molar-refractivity contribution in [1.29, 1.82) is 0 Å². The number of halogens is 3. The summed E-state index contributed by atoms with van der Waals surface area (Å²) in [5, 5.41) is 0. The van der Waals surface area contributed by atoms with Crippen LogP contribution < -0.4 is 0 Å². The minimum Gasteiger partial charge on any atom is -0.294 e. The summed E-state index contributed by atoms with van der Waals surface area (Å²) in [6.07, 6.45) is -0.146. The molecule has 1 aromatic carbocycles. The van der Waals surface area contributed by atoms with Gasteiger partial charge < -0.3 is 0 Å². The molecule has 3 rings (SSSR count). The molecule has 0 radical (unpaired) electrons. The van der Waals surface area contributed by atoms with Gasteiger partial charge in [-0.05, 0) is 43.7 Å². The molecule has 0 N–H and O–H groups in total. The fraction of sp³-hybridized carbons (Fsp3) is 0.412. The molecule has 0 bridgehead atoms. The van der Waals surface area contributed by atoms with Crippen molar-refractivity contribution in [1.82, 2.24) is 0 Å². The molecule has 1 aromatic rings. The Balaban J connectivity index is 1.93. The summed E-state index contributed by atoms with van der Waals surface area (Å²) in [7, 11) is 0. The Hall–Kier alpha value is -1.91. The Morgan fingerprint density at radius 2 is 1.59 bits per heavy atom. The first-order chi connectivity index (χ1) is 10.4. The van der Waals surface area contributed by atoms with Crippen LogP contribution in [0.2, 0.25) is 0 Å². The molecule has 2 saturated carbocycles. The first-order valence-electron chi connectivity index (χ1n) is 7.34. The van der Waals surface area contributed by atoms with Crippen molar-refractivity contribution in [2.24, 2.45) is 11.8 Å². The Kier molecular flexibility index (Phi) is 3.67. The van der Waals surface area contributed by atoms with E-state index in [1.54, 1.807) is 0 Å². The van der Waals surface area contributed by atoms with Gasteiger partial charge in [-0.15, -0.1) is 0 Å². The first-order valence-corrected chi connectivity index (χ1v) is 7.34. The number of hydrogen-bond acceptors (Lipinski definition) is 2. The number of ketones is 2. The third-order valence-electron chi connectivity index (χ3n) is 4.03. The van der Waals surface area contributed by atoms with Gasteiger partial charge in [-0.25, -0.2) is 0 Å². The van der Waals surface area contributed by atoms with E-state index < -0.39 is 23.1 Å². The summed E-state index contributed by atoms with van der Waals surface area (Å²) < 4.78 is 38.9. The smallest absolute Gasteiger partial charge is 0.294 e. The van der Waals surface area contributed by atoms with Crippen LogP contribution in [-0.4, -0.2) is 11.6 Å². The van der Waals surface area contributed by atoms with E-state index >= 15 is 0 Å². The molecule has 0 spiro atoms. The average Bonchev–Trinajstić information content (AvgIpc) is 3.35. The van der Waals surface area contributed by atoms with E-state index in [2.05, 4.69) is 0 Å². The first kappa shape index (κ1) is 15.0. The van der Waals surface area contributed by atoms with E-state index in [0.29, 0.717) is 5.57 Å². The van der Waals surface area contributed by atoms with Gasteiger partial charge in [0.25, 0.3) is 0 Å². The summed E-state index contributed by atoms with van der Waals surface area (Å²) in [4.78, 5) is 24.5. The van der Waals surface area contributed by atoms with Crippen molar-refractivity contribution < 1.29 is 22.8 Å². The average molecular weight is 308 g/mol. The number of Topliss-reactive ketones (excluding diaryl/α,β-unsaturated/α-hetero) is 1.